The third-order valence-electron chi connectivity index (χ3n) is 3.83. The molecule has 1 heterocycles. The van der Waals surface area contributed by atoms with E-state index in [4.69, 9.17) is 0 Å². The molecule has 5 nitrogen and oxygen atoms in total. The number of ether oxygens (including phenoxy) is 1. The highest BCUT2D eigenvalue weighted by Crippen LogP contribution is 2.25. The zero-order chi connectivity index (χ0) is 19.3. The van der Waals surface area contributed by atoms with Gasteiger partial charge in [-0.05, 0) is 50.2 Å². The van der Waals surface area contributed by atoms with Crippen molar-refractivity contribution in [3.05, 3.63) is 53.7 Å². The number of rotatable bonds is 6. The number of nitrogens with zero attached hydrogens (tertiary/aromatic N) is 2. The zero-order valence-electron chi connectivity index (χ0n) is 14.7. The van der Waals surface area contributed by atoms with Crippen LogP contribution in [0.15, 0.2) is 42.6 Å². The van der Waals surface area contributed by atoms with Crippen LogP contribution in [0.25, 0.3) is 0 Å². The summed E-state index contributed by atoms with van der Waals surface area (Å²) < 4.78 is 40.4. The Morgan fingerprint density at radius 2 is 1.88 bits per heavy atom. The molecule has 0 spiro atoms. The minimum absolute atomic E-state index is 0.109. The van der Waals surface area contributed by atoms with E-state index < -0.39 is 6.36 Å². The number of carbonyl (C=O) groups excluding carboxylic acids is 1. The smallest absolute Gasteiger partial charge is 0.406 e. The van der Waals surface area contributed by atoms with Gasteiger partial charge in [-0.15, -0.1) is 13.2 Å². The summed E-state index contributed by atoms with van der Waals surface area (Å²) in [4.78, 5) is 18.0. The van der Waals surface area contributed by atoms with E-state index in [1.165, 1.54) is 12.1 Å². The molecule has 0 bridgehead atoms. The maximum absolute atomic E-state index is 12.2. The number of anilines is 1. The molecule has 140 valence electrons. The number of aryl methyl sites for hydroxylation is 1. The van der Waals surface area contributed by atoms with E-state index in [2.05, 4.69) is 15.0 Å². The molecule has 1 amide bonds. The Bertz CT molecular complexity index is 731. The monoisotopic (exact) mass is 367 g/mol. The second-order valence-electron chi connectivity index (χ2n) is 5.98. The number of carbonyl (C=O) groups is 1. The van der Waals surface area contributed by atoms with Gasteiger partial charge in [-0.25, -0.2) is 4.98 Å². The summed E-state index contributed by atoms with van der Waals surface area (Å²) in [7, 11) is 1.76. The SMILES string of the molecule is Cc1ccc(NC(=O)CN(C)C(C)c2ccc(OC(F)(F)F)cc2)nc1. The molecule has 8 heteroatoms. The van der Waals surface area contributed by atoms with Gasteiger partial charge in [-0.2, -0.15) is 0 Å². The van der Waals surface area contributed by atoms with Crippen molar-refractivity contribution < 1.29 is 22.7 Å². The molecular weight excluding hydrogens is 347 g/mol. The fourth-order valence-corrected chi connectivity index (χ4v) is 2.29. The number of hydrogen-bond acceptors (Lipinski definition) is 4. The molecule has 0 aliphatic carbocycles. The summed E-state index contributed by atoms with van der Waals surface area (Å²) in [6.45, 7) is 3.87. The van der Waals surface area contributed by atoms with Crippen LogP contribution in [0.4, 0.5) is 19.0 Å². The van der Waals surface area contributed by atoms with Crippen molar-refractivity contribution in [3.63, 3.8) is 0 Å². The summed E-state index contributed by atoms with van der Waals surface area (Å²) in [5.41, 5.74) is 1.76. The molecule has 1 atom stereocenters. The van der Waals surface area contributed by atoms with Crippen LogP contribution in [0.1, 0.15) is 24.1 Å². The molecule has 26 heavy (non-hydrogen) atoms. The van der Waals surface area contributed by atoms with Crippen molar-refractivity contribution >= 4 is 11.7 Å². The van der Waals surface area contributed by atoms with Gasteiger partial charge in [0.25, 0.3) is 0 Å². The number of amides is 1. The standard InChI is InChI=1S/C18H20F3N3O2/c1-12-4-9-16(22-10-12)23-17(25)11-24(3)13(2)14-5-7-15(8-6-14)26-18(19,20)21/h4-10,13H,11H2,1-3H3,(H,22,23,25). The molecule has 1 aromatic carbocycles. The fourth-order valence-electron chi connectivity index (χ4n) is 2.29. The molecule has 2 aromatic rings. The van der Waals surface area contributed by atoms with Gasteiger partial charge in [0.2, 0.25) is 5.91 Å². The number of benzene rings is 1. The molecular formula is C18H20F3N3O2. The second-order valence-corrected chi connectivity index (χ2v) is 5.98. The predicted octanol–water partition coefficient (Wildman–Crippen LogP) is 3.92. The van der Waals surface area contributed by atoms with Crippen LogP contribution in [0.5, 0.6) is 5.75 Å². The molecule has 0 saturated carbocycles. The highest BCUT2D eigenvalue weighted by atomic mass is 19.4. The van der Waals surface area contributed by atoms with Crippen LogP contribution in [-0.4, -0.2) is 35.7 Å². The fraction of sp³-hybridized carbons (Fsp3) is 0.333. The lowest BCUT2D eigenvalue weighted by Crippen LogP contribution is -2.32. The van der Waals surface area contributed by atoms with Gasteiger partial charge in [-0.1, -0.05) is 18.2 Å². The summed E-state index contributed by atoms with van der Waals surface area (Å²) >= 11 is 0. The van der Waals surface area contributed by atoms with Gasteiger partial charge in [0.1, 0.15) is 11.6 Å². The maximum atomic E-state index is 12.2. The van der Waals surface area contributed by atoms with Crippen LogP contribution < -0.4 is 10.1 Å². The topological polar surface area (TPSA) is 54.5 Å². The summed E-state index contributed by atoms with van der Waals surface area (Å²) in [5.74, 6) is -0.0395. The first kappa shape index (κ1) is 19.7. The minimum Gasteiger partial charge on any atom is -0.406 e. The third kappa shape index (κ3) is 6.03. The molecule has 1 unspecified atom stereocenters. The predicted molar refractivity (Wildman–Crippen MR) is 91.8 cm³/mol. The number of alkyl halides is 3. The van der Waals surface area contributed by atoms with Crippen molar-refractivity contribution in [2.75, 3.05) is 18.9 Å². The number of pyridine rings is 1. The Labute approximate surface area is 149 Å². The van der Waals surface area contributed by atoms with Crippen molar-refractivity contribution in [3.8, 4) is 5.75 Å². The Morgan fingerprint density at radius 1 is 1.23 bits per heavy atom. The normalized spacial score (nSPS) is 12.7. The van der Waals surface area contributed by atoms with Crippen LogP contribution in [0.3, 0.4) is 0 Å². The lowest BCUT2D eigenvalue weighted by atomic mass is 10.1. The Hall–Kier alpha value is -2.61. The van der Waals surface area contributed by atoms with E-state index in [0.29, 0.717) is 5.82 Å². The molecule has 0 fully saturated rings. The van der Waals surface area contributed by atoms with Gasteiger partial charge in [0.05, 0.1) is 6.54 Å². The van der Waals surface area contributed by atoms with Crippen LogP contribution in [0, 0.1) is 6.92 Å². The quantitative estimate of drug-likeness (QED) is 0.841. The maximum Gasteiger partial charge on any atom is 0.573 e. The lowest BCUT2D eigenvalue weighted by molar-refractivity contribution is -0.274. The van der Waals surface area contributed by atoms with Gasteiger partial charge in [-0.3, -0.25) is 9.69 Å². The van der Waals surface area contributed by atoms with Gasteiger partial charge < -0.3 is 10.1 Å². The number of hydrogen-bond donors (Lipinski definition) is 1. The van der Waals surface area contributed by atoms with E-state index in [1.807, 2.05) is 19.9 Å². The van der Waals surface area contributed by atoms with E-state index in [9.17, 15) is 18.0 Å². The summed E-state index contributed by atoms with van der Waals surface area (Å²) in [6.07, 6.45) is -3.06. The summed E-state index contributed by atoms with van der Waals surface area (Å²) in [6, 6.07) is 8.98. The van der Waals surface area contributed by atoms with Crippen molar-refractivity contribution in [2.24, 2.45) is 0 Å². The average molecular weight is 367 g/mol. The van der Waals surface area contributed by atoms with Crippen LogP contribution in [-0.2, 0) is 4.79 Å². The van der Waals surface area contributed by atoms with Gasteiger partial charge in [0, 0.05) is 12.2 Å². The van der Waals surface area contributed by atoms with E-state index in [-0.39, 0.29) is 24.2 Å². The number of aromatic nitrogens is 1. The van der Waals surface area contributed by atoms with E-state index in [0.717, 1.165) is 11.1 Å². The van der Waals surface area contributed by atoms with Crippen LogP contribution >= 0.6 is 0 Å². The molecule has 0 aliphatic heterocycles. The third-order valence-corrected chi connectivity index (χ3v) is 3.83. The minimum atomic E-state index is -4.72. The molecule has 1 aromatic heterocycles. The Balaban J connectivity index is 1.92. The van der Waals surface area contributed by atoms with E-state index in [1.54, 1.807) is 36.3 Å². The number of halogens is 3. The molecule has 2 rings (SSSR count). The molecule has 1 N–H and O–H groups in total. The lowest BCUT2D eigenvalue weighted by Gasteiger charge is -2.24. The summed E-state index contributed by atoms with van der Waals surface area (Å²) in [5, 5.41) is 2.70. The highest BCUT2D eigenvalue weighted by Gasteiger charge is 2.31. The molecule has 0 radical (unpaired) electrons. The number of likely N-dealkylation sites (N-methyl/N-ethyl adjacent to an activating group) is 1. The molecule has 0 saturated heterocycles. The molecule has 0 aliphatic rings. The Kier molecular flexibility index (Phi) is 6.20. The first-order valence-electron chi connectivity index (χ1n) is 7.92. The van der Waals surface area contributed by atoms with Gasteiger partial charge >= 0.3 is 6.36 Å². The largest absolute Gasteiger partial charge is 0.573 e. The van der Waals surface area contributed by atoms with Crippen LogP contribution in [0.2, 0.25) is 0 Å². The number of nitrogens with one attached hydrogen (secondary N) is 1. The first-order valence-corrected chi connectivity index (χ1v) is 7.92. The van der Waals surface area contributed by atoms with Gasteiger partial charge in [0.15, 0.2) is 0 Å². The van der Waals surface area contributed by atoms with Crippen molar-refractivity contribution in [1.82, 2.24) is 9.88 Å². The first-order chi connectivity index (χ1) is 12.1. The second kappa shape index (κ2) is 8.18. The van der Waals surface area contributed by atoms with Crippen molar-refractivity contribution in [2.45, 2.75) is 26.3 Å². The zero-order valence-corrected chi connectivity index (χ0v) is 14.7. The van der Waals surface area contributed by atoms with E-state index >= 15 is 0 Å². The average Bonchev–Trinajstić information content (AvgIpc) is 2.55. The van der Waals surface area contributed by atoms with Crippen molar-refractivity contribution in [1.29, 1.82) is 0 Å². The highest BCUT2D eigenvalue weighted by molar-refractivity contribution is 5.91. The Morgan fingerprint density at radius 3 is 2.42 bits per heavy atom.